The monoisotopic (exact) mass is 405 g/mol. The lowest BCUT2D eigenvalue weighted by Crippen LogP contribution is -2.47. The average molecular weight is 406 g/mol. The van der Waals surface area contributed by atoms with E-state index in [0.29, 0.717) is 23.1 Å². The van der Waals surface area contributed by atoms with Crippen LogP contribution in [0.3, 0.4) is 0 Å². The zero-order valence-electron chi connectivity index (χ0n) is 15.8. The van der Waals surface area contributed by atoms with Crippen molar-refractivity contribution in [2.24, 2.45) is 0 Å². The summed E-state index contributed by atoms with van der Waals surface area (Å²) in [6.45, 7) is 4.74. The number of hydrogen-bond acceptors (Lipinski definition) is 6. The van der Waals surface area contributed by atoms with Gasteiger partial charge in [-0.3, -0.25) is 9.80 Å². The minimum atomic E-state index is -0.976. The Balaban J connectivity index is 1.49. The number of anilines is 2. The number of carbonyl (C=O) groups is 1. The Morgan fingerprint density at radius 1 is 1.18 bits per heavy atom. The quantitative estimate of drug-likeness (QED) is 0.758. The third-order valence-electron chi connectivity index (χ3n) is 4.78. The van der Waals surface area contributed by atoms with Crippen molar-refractivity contribution >= 4 is 29.2 Å². The highest BCUT2D eigenvalue weighted by Crippen LogP contribution is 2.28. The molecule has 0 bridgehead atoms. The number of benzene rings is 1. The number of methoxy groups -OCH3 is 1. The van der Waals surface area contributed by atoms with Gasteiger partial charge in [0.25, 0.3) is 0 Å². The second-order valence-corrected chi connectivity index (χ2v) is 6.89. The van der Waals surface area contributed by atoms with E-state index in [1.165, 1.54) is 4.90 Å². The van der Waals surface area contributed by atoms with Crippen LogP contribution in [0.5, 0.6) is 5.75 Å². The number of para-hydroxylation sites is 2. The van der Waals surface area contributed by atoms with Gasteiger partial charge in [-0.05, 0) is 37.2 Å². The first-order valence-electron chi connectivity index (χ1n) is 9.18. The first-order valence-corrected chi connectivity index (χ1v) is 9.56. The van der Waals surface area contributed by atoms with E-state index in [9.17, 15) is 9.90 Å². The van der Waals surface area contributed by atoms with Gasteiger partial charge in [-0.15, -0.1) is 10.2 Å². The third kappa shape index (κ3) is 5.02. The van der Waals surface area contributed by atoms with Crippen LogP contribution in [-0.2, 0) is 0 Å². The molecule has 0 aliphatic carbocycles. The van der Waals surface area contributed by atoms with Crippen LogP contribution >= 0.6 is 11.6 Å². The van der Waals surface area contributed by atoms with E-state index in [2.05, 4.69) is 20.0 Å². The summed E-state index contributed by atoms with van der Waals surface area (Å²) in [5.74, 6) is 1.39. The lowest BCUT2D eigenvalue weighted by molar-refractivity contribution is 0.200. The van der Waals surface area contributed by atoms with Gasteiger partial charge in [0, 0.05) is 32.7 Å². The number of hydrogen-bond donors (Lipinski definition) is 1. The highest BCUT2D eigenvalue weighted by atomic mass is 35.5. The molecule has 1 aliphatic rings. The number of amides is 1. The summed E-state index contributed by atoms with van der Waals surface area (Å²) in [6, 6.07) is 10.8. The maximum atomic E-state index is 11.7. The summed E-state index contributed by atoms with van der Waals surface area (Å²) in [5.41, 5.74) is 0.573. The van der Waals surface area contributed by atoms with E-state index in [4.69, 9.17) is 16.3 Å². The van der Waals surface area contributed by atoms with Crippen molar-refractivity contribution in [2.45, 2.75) is 6.42 Å². The summed E-state index contributed by atoms with van der Waals surface area (Å²) in [4.78, 5) is 17.6. The lowest BCUT2D eigenvalue weighted by Gasteiger charge is -2.35. The largest absolute Gasteiger partial charge is 0.495 e. The molecule has 0 unspecified atom stereocenters. The van der Waals surface area contributed by atoms with Crippen molar-refractivity contribution in [1.29, 1.82) is 0 Å². The van der Waals surface area contributed by atoms with Gasteiger partial charge in [-0.25, -0.2) is 4.79 Å². The predicted molar refractivity (Wildman–Crippen MR) is 109 cm³/mol. The molecule has 1 aromatic heterocycles. The molecule has 3 rings (SSSR count). The molecule has 9 heteroatoms. The number of piperazine rings is 1. The van der Waals surface area contributed by atoms with Crippen LogP contribution < -0.4 is 14.5 Å². The normalized spacial score (nSPS) is 14.7. The van der Waals surface area contributed by atoms with Crippen molar-refractivity contribution in [2.75, 3.05) is 56.2 Å². The summed E-state index contributed by atoms with van der Waals surface area (Å²) in [6.07, 6.45) is -0.235. The molecule has 2 heterocycles. The summed E-state index contributed by atoms with van der Waals surface area (Å²) in [5, 5.41) is 18.0. The van der Waals surface area contributed by atoms with Gasteiger partial charge < -0.3 is 14.7 Å². The second kappa shape index (κ2) is 9.57. The zero-order valence-corrected chi connectivity index (χ0v) is 16.5. The molecule has 150 valence electrons. The molecule has 1 fully saturated rings. The Kier molecular flexibility index (Phi) is 6.89. The summed E-state index contributed by atoms with van der Waals surface area (Å²) >= 11 is 5.79. The van der Waals surface area contributed by atoms with Gasteiger partial charge in [-0.1, -0.05) is 23.7 Å². The Morgan fingerprint density at radius 2 is 1.93 bits per heavy atom. The molecule has 0 atom stereocenters. The summed E-state index contributed by atoms with van der Waals surface area (Å²) < 4.78 is 5.29. The number of carboxylic acid groups (broad SMARTS) is 1. The fourth-order valence-corrected chi connectivity index (χ4v) is 3.40. The molecular formula is C19H24ClN5O3. The molecule has 1 amide bonds. The number of nitrogens with zero attached hydrogens (tertiary/aromatic N) is 5. The number of aromatic nitrogens is 2. The number of ether oxygens (including phenoxy) is 1. The molecule has 8 nitrogen and oxygen atoms in total. The number of halogens is 1. The van der Waals surface area contributed by atoms with Gasteiger partial charge in [0.15, 0.2) is 11.0 Å². The van der Waals surface area contributed by atoms with E-state index in [1.807, 2.05) is 18.2 Å². The summed E-state index contributed by atoms with van der Waals surface area (Å²) in [7, 11) is 1.55. The van der Waals surface area contributed by atoms with Gasteiger partial charge in [0.2, 0.25) is 0 Å². The molecule has 1 N–H and O–H groups in total. The lowest BCUT2D eigenvalue weighted by atomic mass is 10.2. The Labute approximate surface area is 169 Å². The van der Waals surface area contributed by atoms with Crippen molar-refractivity contribution in [1.82, 2.24) is 15.1 Å². The van der Waals surface area contributed by atoms with E-state index in [0.717, 1.165) is 45.0 Å². The van der Waals surface area contributed by atoms with Crippen molar-refractivity contribution in [3.8, 4) is 5.75 Å². The van der Waals surface area contributed by atoms with Crippen LogP contribution in [0.1, 0.15) is 6.42 Å². The molecule has 1 aromatic carbocycles. The second-order valence-electron chi connectivity index (χ2n) is 6.50. The smallest absolute Gasteiger partial charge is 0.411 e. The highest BCUT2D eigenvalue weighted by molar-refractivity contribution is 6.29. The molecule has 2 aromatic rings. The maximum Gasteiger partial charge on any atom is 0.411 e. The van der Waals surface area contributed by atoms with Gasteiger partial charge in [0.1, 0.15) is 5.75 Å². The zero-order chi connectivity index (χ0) is 19.9. The van der Waals surface area contributed by atoms with Crippen LogP contribution in [0.15, 0.2) is 36.4 Å². The average Bonchev–Trinajstić information content (AvgIpc) is 2.72. The predicted octanol–water partition coefficient (Wildman–Crippen LogP) is 2.84. The molecule has 1 saturated heterocycles. The fraction of sp³-hybridized carbons (Fsp3) is 0.421. The van der Waals surface area contributed by atoms with Crippen molar-refractivity contribution in [3.05, 3.63) is 41.6 Å². The van der Waals surface area contributed by atoms with Crippen molar-refractivity contribution in [3.63, 3.8) is 0 Å². The molecule has 0 radical (unpaired) electrons. The number of rotatable bonds is 7. The maximum absolute atomic E-state index is 11.7. The molecule has 0 spiro atoms. The van der Waals surface area contributed by atoms with Crippen LogP contribution in [0.25, 0.3) is 0 Å². The van der Waals surface area contributed by atoms with E-state index < -0.39 is 6.09 Å². The molecular weight excluding hydrogens is 382 g/mol. The van der Waals surface area contributed by atoms with Gasteiger partial charge >= 0.3 is 6.09 Å². The van der Waals surface area contributed by atoms with E-state index >= 15 is 0 Å². The minimum Gasteiger partial charge on any atom is -0.495 e. The fourth-order valence-electron chi connectivity index (χ4n) is 3.30. The van der Waals surface area contributed by atoms with Crippen LogP contribution in [0.2, 0.25) is 5.15 Å². The van der Waals surface area contributed by atoms with E-state index in [-0.39, 0.29) is 0 Å². The standard InChI is InChI=1S/C19H24ClN5O3/c1-28-16-6-3-2-5-15(16)25(19(26)27)10-4-9-23-11-13-24(14-12-23)18-8-7-17(20)21-22-18/h2-3,5-8H,4,9-14H2,1H3,(H,26,27). The first-order chi connectivity index (χ1) is 13.6. The minimum absolute atomic E-state index is 0.389. The topological polar surface area (TPSA) is 82.0 Å². The molecule has 1 aliphatic heterocycles. The Morgan fingerprint density at radius 3 is 2.57 bits per heavy atom. The van der Waals surface area contributed by atoms with Crippen LogP contribution in [0.4, 0.5) is 16.3 Å². The van der Waals surface area contributed by atoms with Crippen LogP contribution in [0, 0.1) is 0 Å². The first kappa shape index (κ1) is 20.2. The Hall–Kier alpha value is -2.58. The highest BCUT2D eigenvalue weighted by Gasteiger charge is 2.21. The van der Waals surface area contributed by atoms with Crippen molar-refractivity contribution < 1.29 is 14.6 Å². The van der Waals surface area contributed by atoms with Gasteiger partial charge in [0.05, 0.1) is 12.8 Å². The Bertz CT molecular complexity index is 781. The third-order valence-corrected chi connectivity index (χ3v) is 4.98. The van der Waals surface area contributed by atoms with Crippen LogP contribution in [-0.4, -0.2) is 72.7 Å². The van der Waals surface area contributed by atoms with E-state index in [1.54, 1.807) is 25.3 Å². The van der Waals surface area contributed by atoms with Gasteiger partial charge in [-0.2, -0.15) is 0 Å². The molecule has 28 heavy (non-hydrogen) atoms. The SMILES string of the molecule is COc1ccccc1N(CCCN1CCN(c2ccc(Cl)nn2)CC1)C(=O)O. The molecule has 0 saturated carbocycles.